The molecule has 2 aliphatic rings. The Labute approximate surface area is 165 Å². The van der Waals surface area contributed by atoms with Crippen LogP contribution in [0, 0.1) is 0 Å². The van der Waals surface area contributed by atoms with E-state index in [0.29, 0.717) is 11.4 Å². The van der Waals surface area contributed by atoms with Crippen molar-refractivity contribution in [1.82, 2.24) is 5.32 Å². The predicted octanol–water partition coefficient (Wildman–Crippen LogP) is 1.81. The molecule has 0 saturated carbocycles. The van der Waals surface area contributed by atoms with Crippen molar-refractivity contribution < 1.29 is 18.3 Å². The summed E-state index contributed by atoms with van der Waals surface area (Å²) in [5, 5.41) is 13.3. The van der Waals surface area contributed by atoms with Gasteiger partial charge in [0.2, 0.25) is 0 Å². The Balaban J connectivity index is 0.00000210. The summed E-state index contributed by atoms with van der Waals surface area (Å²) in [5.41, 5.74) is 1.41. The van der Waals surface area contributed by atoms with Crippen molar-refractivity contribution in [3.63, 3.8) is 0 Å². The van der Waals surface area contributed by atoms with E-state index in [2.05, 4.69) is 10.2 Å². The summed E-state index contributed by atoms with van der Waals surface area (Å²) in [6.45, 7) is 3.91. The number of para-hydroxylation sites is 2. The Bertz CT molecular complexity index is 917. The number of hydrogen-bond donors (Lipinski definition) is 2. The molecule has 0 aliphatic carbocycles. The van der Waals surface area contributed by atoms with Gasteiger partial charge in [-0.15, -0.1) is 12.4 Å². The number of phenolic OH excluding ortho intramolecular Hbond substituents is 1. The molecule has 146 valence electrons. The molecule has 0 unspecified atom stereocenters. The summed E-state index contributed by atoms with van der Waals surface area (Å²) in [5.74, 6) is 0.332. The zero-order valence-electron chi connectivity index (χ0n) is 14.7. The van der Waals surface area contributed by atoms with Crippen LogP contribution in [0.5, 0.6) is 11.5 Å². The van der Waals surface area contributed by atoms with Crippen molar-refractivity contribution in [3.8, 4) is 11.5 Å². The normalized spacial score (nSPS) is 16.9. The number of sulfonamides is 1. The highest BCUT2D eigenvalue weighted by Crippen LogP contribution is 2.43. The molecule has 9 heteroatoms. The molecule has 0 bridgehead atoms. The van der Waals surface area contributed by atoms with E-state index < -0.39 is 10.0 Å². The van der Waals surface area contributed by atoms with Crippen LogP contribution in [0.25, 0.3) is 0 Å². The highest BCUT2D eigenvalue weighted by molar-refractivity contribution is 7.93. The zero-order chi connectivity index (χ0) is 18.1. The molecule has 0 amide bonds. The van der Waals surface area contributed by atoms with Gasteiger partial charge >= 0.3 is 0 Å². The van der Waals surface area contributed by atoms with E-state index in [4.69, 9.17) is 4.74 Å². The zero-order valence-corrected chi connectivity index (χ0v) is 16.3. The second-order valence-corrected chi connectivity index (χ2v) is 8.09. The molecule has 2 N–H and O–H groups in total. The first kappa shape index (κ1) is 19.6. The van der Waals surface area contributed by atoms with Crippen LogP contribution in [0.4, 0.5) is 11.4 Å². The molecular formula is C18H22ClN3O4S. The third kappa shape index (κ3) is 3.52. The Morgan fingerprint density at radius 3 is 2.41 bits per heavy atom. The minimum atomic E-state index is -3.88. The lowest BCUT2D eigenvalue weighted by Crippen LogP contribution is -2.44. The molecule has 2 heterocycles. The number of fused-ring (bicyclic) bond motifs is 1. The van der Waals surface area contributed by atoms with Crippen LogP contribution in [0.3, 0.4) is 0 Å². The van der Waals surface area contributed by atoms with Crippen molar-refractivity contribution in [2.24, 2.45) is 0 Å². The van der Waals surface area contributed by atoms with Gasteiger partial charge in [-0.25, -0.2) is 8.42 Å². The SMILES string of the molecule is Cl.O=S(=O)(c1ccccc1O)N1CCOc2c(N3CCNCC3)cccc21. The maximum absolute atomic E-state index is 13.1. The summed E-state index contributed by atoms with van der Waals surface area (Å²) < 4.78 is 33.5. The standard InChI is InChI=1S/C18H21N3O4S.ClH/c22-16-6-1-2-7-17(16)26(23,24)21-12-13-25-18-14(4-3-5-15(18)21)20-10-8-19-9-11-20;/h1-7,19,22H,8-13H2;1H. The molecule has 2 aromatic carbocycles. The lowest BCUT2D eigenvalue weighted by Gasteiger charge is -2.36. The molecule has 2 aliphatic heterocycles. The number of ether oxygens (including phenoxy) is 1. The van der Waals surface area contributed by atoms with Gasteiger partial charge in [-0.2, -0.15) is 0 Å². The summed E-state index contributed by atoms with van der Waals surface area (Å²) >= 11 is 0. The van der Waals surface area contributed by atoms with Crippen LogP contribution < -0.4 is 19.3 Å². The monoisotopic (exact) mass is 411 g/mol. The van der Waals surface area contributed by atoms with E-state index in [0.717, 1.165) is 31.9 Å². The first-order valence-electron chi connectivity index (χ1n) is 8.61. The smallest absolute Gasteiger partial charge is 0.268 e. The van der Waals surface area contributed by atoms with Gasteiger partial charge < -0.3 is 20.1 Å². The van der Waals surface area contributed by atoms with Gasteiger partial charge in [0.1, 0.15) is 17.3 Å². The summed E-state index contributed by atoms with van der Waals surface area (Å²) in [6, 6.07) is 11.6. The number of aromatic hydroxyl groups is 1. The molecule has 27 heavy (non-hydrogen) atoms. The van der Waals surface area contributed by atoms with Gasteiger partial charge in [0.25, 0.3) is 10.0 Å². The quantitative estimate of drug-likeness (QED) is 0.801. The van der Waals surface area contributed by atoms with Crippen molar-refractivity contribution in [2.75, 3.05) is 48.5 Å². The van der Waals surface area contributed by atoms with Crippen LogP contribution >= 0.6 is 12.4 Å². The third-order valence-electron chi connectivity index (χ3n) is 4.67. The maximum Gasteiger partial charge on any atom is 0.268 e. The predicted molar refractivity (Wildman–Crippen MR) is 107 cm³/mol. The van der Waals surface area contributed by atoms with Gasteiger partial charge in [-0.1, -0.05) is 18.2 Å². The number of anilines is 2. The fourth-order valence-corrected chi connectivity index (χ4v) is 4.94. The third-order valence-corrected chi connectivity index (χ3v) is 6.53. The van der Waals surface area contributed by atoms with Crippen molar-refractivity contribution >= 4 is 33.8 Å². The van der Waals surface area contributed by atoms with Gasteiger partial charge in [-0.05, 0) is 24.3 Å². The van der Waals surface area contributed by atoms with Crippen molar-refractivity contribution in [2.45, 2.75) is 4.90 Å². The van der Waals surface area contributed by atoms with Crippen molar-refractivity contribution in [3.05, 3.63) is 42.5 Å². The van der Waals surface area contributed by atoms with Gasteiger partial charge in [0.05, 0.1) is 17.9 Å². The summed E-state index contributed by atoms with van der Waals surface area (Å²) in [7, 11) is -3.88. The number of nitrogens with one attached hydrogen (secondary N) is 1. The van der Waals surface area contributed by atoms with E-state index in [1.165, 1.54) is 16.4 Å². The minimum absolute atomic E-state index is 0. The van der Waals surface area contributed by atoms with Gasteiger partial charge in [0, 0.05) is 26.2 Å². The van der Waals surface area contributed by atoms with E-state index in [9.17, 15) is 13.5 Å². The highest BCUT2D eigenvalue weighted by Gasteiger charge is 2.33. The molecular weight excluding hydrogens is 390 g/mol. The number of nitrogens with zero attached hydrogens (tertiary/aromatic N) is 2. The Morgan fingerprint density at radius 1 is 0.963 bits per heavy atom. The number of benzene rings is 2. The maximum atomic E-state index is 13.1. The van der Waals surface area contributed by atoms with Crippen LogP contribution in [0.15, 0.2) is 47.4 Å². The van der Waals surface area contributed by atoms with Crippen LogP contribution in [0.1, 0.15) is 0 Å². The number of piperazine rings is 1. The van der Waals surface area contributed by atoms with Gasteiger partial charge in [-0.3, -0.25) is 4.31 Å². The fraction of sp³-hybridized carbons (Fsp3) is 0.333. The van der Waals surface area contributed by atoms with Crippen LogP contribution in [-0.4, -0.2) is 52.9 Å². The first-order valence-corrected chi connectivity index (χ1v) is 10.1. The number of phenols is 1. The molecule has 1 fully saturated rings. The number of rotatable bonds is 3. The summed E-state index contributed by atoms with van der Waals surface area (Å²) in [4.78, 5) is 2.10. The largest absolute Gasteiger partial charge is 0.507 e. The Kier molecular flexibility index (Phi) is 5.69. The lowest BCUT2D eigenvalue weighted by atomic mass is 10.2. The Morgan fingerprint density at radius 2 is 1.67 bits per heavy atom. The number of hydrogen-bond acceptors (Lipinski definition) is 6. The van der Waals surface area contributed by atoms with E-state index in [1.807, 2.05) is 12.1 Å². The van der Waals surface area contributed by atoms with E-state index in [-0.39, 0.29) is 36.2 Å². The molecule has 2 aromatic rings. The average molecular weight is 412 g/mol. The molecule has 0 spiro atoms. The number of halogens is 1. The topological polar surface area (TPSA) is 82.1 Å². The van der Waals surface area contributed by atoms with Gasteiger partial charge in [0.15, 0.2) is 5.75 Å². The highest BCUT2D eigenvalue weighted by atomic mass is 35.5. The fourth-order valence-electron chi connectivity index (χ4n) is 3.41. The minimum Gasteiger partial charge on any atom is -0.507 e. The molecule has 0 aromatic heterocycles. The molecule has 0 atom stereocenters. The lowest BCUT2D eigenvalue weighted by molar-refractivity contribution is 0.315. The second-order valence-electron chi connectivity index (χ2n) is 6.26. The second kappa shape index (κ2) is 7.84. The van der Waals surface area contributed by atoms with Crippen molar-refractivity contribution in [1.29, 1.82) is 0 Å². The molecule has 7 nitrogen and oxygen atoms in total. The first-order chi connectivity index (χ1) is 12.6. The Hall–Kier alpha value is -2.16. The molecule has 0 radical (unpaired) electrons. The van der Waals surface area contributed by atoms with E-state index in [1.54, 1.807) is 18.2 Å². The van der Waals surface area contributed by atoms with E-state index >= 15 is 0 Å². The van der Waals surface area contributed by atoms with Crippen LogP contribution in [0.2, 0.25) is 0 Å². The molecule has 1 saturated heterocycles. The van der Waals surface area contributed by atoms with Crippen LogP contribution in [-0.2, 0) is 10.0 Å². The molecule has 4 rings (SSSR count). The average Bonchev–Trinajstić information content (AvgIpc) is 2.68. The summed E-state index contributed by atoms with van der Waals surface area (Å²) in [6.07, 6.45) is 0.